The predicted octanol–water partition coefficient (Wildman–Crippen LogP) is 3.22. The van der Waals surface area contributed by atoms with Crippen LogP contribution in [0.1, 0.15) is 5.56 Å². The van der Waals surface area contributed by atoms with Crippen molar-refractivity contribution in [1.29, 1.82) is 0 Å². The van der Waals surface area contributed by atoms with Crippen LogP contribution in [0.2, 0.25) is 0 Å². The van der Waals surface area contributed by atoms with Gasteiger partial charge in [0, 0.05) is 18.3 Å². The number of nitrogens with one attached hydrogen (secondary N) is 1. The van der Waals surface area contributed by atoms with E-state index in [4.69, 9.17) is 0 Å². The number of benzene rings is 2. The first-order valence-corrected chi connectivity index (χ1v) is 5.96. The molecule has 0 saturated carbocycles. The normalized spacial score (nSPS) is 11.2. The van der Waals surface area contributed by atoms with Crippen molar-refractivity contribution < 1.29 is 4.92 Å². The van der Waals surface area contributed by atoms with Gasteiger partial charge in [-0.05, 0) is 17.7 Å². The van der Waals surface area contributed by atoms with Crippen LogP contribution in [0.15, 0.2) is 53.5 Å². The quantitative estimate of drug-likeness (QED) is 0.448. The lowest BCUT2D eigenvalue weighted by Crippen LogP contribution is -1.89. The van der Waals surface area contributed by atoms with Gasteiger partial charge in [-0.1, -0.05) is 24.3 Å². The fourth-order valence-corrected chi connectivity index (χ4v) is 1.85. The number of para-hydroxylation sites is 2. The van der Waals surface area contributed by atoms with Gasteiger partial charge < -0.3 is 4.98 Å². The molecule has 0 atom stereocenters. The minimum Gasteiger partial charge on any atom is -0.322 e. The van der Waals surface area contributed by atoms with E-state index in [1.165, 1.54) is 12.1 Å². The number of rotatable bonds is 3. The Morgan fingerprint density at radius 1 is 1.20 bits per heavy atom. The van der Waals surface area contributed by atoms with Gasteiger partial charge in [0.05, 0.1) is 16.0 Å². The van der Waals surface area contributed by atoms with Crippen LogP contribution in [0.25, 0.3) is 11.0 Å². The van der Waals surface area contributed by atoms with E-state index < -0.39 is 4.92 Å². The van der Waals surface area contributed by atoms with Crippen LogP contribution in [0.5, 0.6) is 0 Å². The van der Waals surface area contributed by atoms with Crippen LogP contribution < -0.4 is 0 Å². The summed E-state index contributed by atoms with van der Waals surface area (Å²) >= 11 is 0. The van der Waals surface area contributed by atoms with Gasteiger partial charge in [-0.25, -0.2) is 9.98 Å². The number of hydrogen-bond acceptors (Lipinski definition) is 4. The van der Waals surface area contributed by atoms with Gasteiger partial charge in [0.25, 0.3) is 5.69 Å². The summed E-state index contributed by atoms with van der Waals surface area (Å²) in [5, 5.41) is 10.7. The average Bonchev–Trinajstić information content (AvgIpc) is 2.88. The molecule has 3 aromatic rings. The Labute approximate surface area is 114 Å². The molecule has 3 rings (SSSR count). The van der Waals surface area contributed by atoms with Gasteiger partial charge in [-0.2, -0.15) is 0 Å². The molecule has 1 N–H and O–H groups in total. The number of nitro groups is 1. The number of aromatic amines is 1. The maximum atomic E-state index is 10.7. The highest BCUT2D eigenvalue weighted by Crippen LogP contribution is 2.16. The molecule has 0 spiro atoms. The number of nitrogens with zero attached hydrogens (tertiary/aromatic N) is 3. The van der Waals surface area contributed by atoms with E-state index in [2.05, 4.69) is 15.0 Å². The summed E-state index contributed by atoms with van der Waals surface area (Å²) in [5.41, 5.74) is 2.43. The lowest BCUT2D eigenvalue weighted by molar-refractivity contribution is -0.384. The molecule has 2 aromatic carbocycles. The number of non-ortho nitro benzene ring substituents is 1. The van der Waals surface area contributed by atoms with Crippen molar-refractivity contribution in [3.05, 3.63) is 64.2 Å². The molecule has 0 radical (unpaired) electrons. The van der Waals surface area contributed by atoms with Crippen molar-refractivity contribution in [3.63, 3.8) is 0 Å². The molecule has 0 bridgehead atoms. The number of aromatic nitrogens is 2. The highest BCUT2D eigenvalue weighted by Gasteiger charge is 2.04. The van der Waals surface area contributed by atoms with Crippen LogP contribution in [-0.4, -0.2) is 21.1 Å². The lowest BCUT2D eigenvalue weighted by Gasteiger charge is -1.93. The Kier molecular flexibility index (Phi) is 2.96. The topological polar surface area (TPSA) is 84.2 Å². The van der Waals surface area contributed by atoms with Crippen LogP contribution in [-0.2, 0) is 0 Å². The Hall–Kier alpha value is -3.02. The Morgan fingerprint density at radius 3 is 2.85 bits per heavy atom. The van der Waals surface area contributed by atoms with Crippen molar-refractivity contribution in [2.45, 2.75) is 0 Å². The fraction of sp³-hybridized carbons (Fsp3) is 0. The zero-order valence-corrected chi connectivity index (χ0v) is 10.4. The summed E-state index contributed by atoms with van der Waals surface area (Å²) in [4.78, 5) is 21.8. The van der Waals surface area contributed by atoms with E-state index in [1.807, 2.05) is 24.3 Å². The molecule has 20 heavy (non-hydrogen) atoms. The Balaban J connectivity index is 1.89. The largest absolute Gasteiger partial charge is 0.322 e. The van der Waals surface area contributed by atoms with Crippen molar-refractivity contribution in [1.82, 2.24) is 9.97 Å². The summed E-state index contributed by atoms with van der Waals surface area (Å²) in [5.74, 6) is 0.470. The molecule has 1 heterocycles. The van der Waals surface area contributed by atoms with E-state index in [0.29, 0.717) is 11.5 Å². The molecule has 0 aliphatic heterocycles. The molecule has 0 saturated heterocycles. The molecule has 6 nitrogen and oxygen atoms in total. The smallest absolute Gasteiger partial charge is 0.270 e. The molecule has 98 valence electrons. The number of H-pyrrole nitrogens is 1. The molecule has 0 fully saturated rings. The molecular weight excluding hydrogens is 256 g/mol. The van der Waals surface area contributed by atoms with Crippen LogP contribution in [0.3, 0.4) is 0 Å². The summed E-state index contributed by atoms with van der Waals surface area (Å²) in [7, 11) is 0. The molecule has 0 aliphatic rings. The number of aliphatic imine (C=N–C) groups is 1. The lowest BCUT2D eigenvalue weighted by atomic mass is 10.2. The summed E-state index contributed by atoms with van der Waals surface area (Å²) in [6.07, 6.45) is 1.55. The number of hydrogen-bond donors (Lipinski definition) is 1. The van der Waals surface area contributed by atoms with Crippen molar-refractivity contribution >= 4 is 28.9 Å². The molecular formula is C14H10N4O2. The highest BCUT2D eigenvalue weighted by molar-refractivity contribution is 5.83. The van der Waals surface area contributed by atoms with Gasteiger partial charge in [0.2, 0.25) is 5.95 Å². The van der Waals surface area contributed by atoms with Crippen molar-refractivity contribution in [2.75, 3.05) is 0 Å². The molecule has 6 heteroatoms. The molecule has 0 unspecified atom stereocenters. The second-order valence-electron chi connectivity index (χ2n) is 4.19. The first-order chi connectivity index (χ1) is 9.72. The van der Waals surface area contributed by atoms with Crippen LogP contribution in [0.4, 0.5) is 11.6 Å². The molecule has 0 amide bonds. The number of fused-ring (bicyclic) bond motifs is 1. The SMILES string of the molecule is O=[N+]([O-])c1cccc(/C=N\c2nc3ccccc3[nH]2)c1. The Morgan fingerprint density at radius 2 is 2.05 bits per heavy atom. The fourth-order valence-electron chi connectivity index (χ4n) is 1.85. The molecule has 0 aliphatic carbocycles. The summed E-state index contributed by atoms with van der Waals surface area (Å²) < 4.78 is 0. The van der Waals surface area contributed by atoms with Gasteiger partial charge in [0.15, 0.2) is 0 Å². The summed E-state index contributed by atoms with van der Waals surface area (Å²) in [6.45, 7) is 0. The van der Waals surface area contributed by atoms with E-state index in [9.17, 15) is 10.1 Å². The second-order valence-corrected chi connectivity index (χ2v) is 4.19. The minimum absolute atomic E-state index is 0.0403. The van der Waals surface area contributed by atoms with E-state index in [1.54, 1.807) is 18.3 Å². The first-order valence-electron chi connectivity index (χ1n) is 5.96. The first kappa shape index (κ1) is 12.0. The summed E-state index contributed by atoms with van der Waals surface area (Å²) in [6, 6.07) is 13.9. The van der Waals surface area contributed by atoms with E-state index in [-0.39, 0.29) is 5.69 Å². The third kappa shape index (κ3) is 2.39. The van der Waals surface area contributed by atoms with Crippen molar-refractivity contribution in [2.24, 2.45) is 4.99 Å². The minimum atomic E-state index is -0.432. The van der Waals surface area contributed by atoms with Gasteiger partial charge in [-0.3, -0.25) is 10.1 Å². The van der Waals surface area contributed by atoms with E-state index >= 15 is 0 Å². The molecule has 1 aromatic heterocycles. The van der Waals surface area contributed by atoms with Crippen LogP contribution >= 0.6 is 0 Å². The third-order valence-corrected chi connectivity index (χ3v) is 2.79. The van der Waals surface area contributed by atoms with Crippen molar-refractivity contribution in [3.8, 4) is 0 Å². The predicted molar refractivity (Wildman–Crippen MR) is 76.4 cm³/mol. The second kappa shape index (κ2) is 4.93. The maximum Gasteiger partial charge on any atom is 0.270 e. The standard InChI is InChI=1S/C14H10N4O2/c19-18(20)11-5-3-4-10(8-11)9-15-14-16-12-6-1-2-7-13(12)17-14/h1-9H,(H,16,17)/b15-9-. The Bertz CT molecular complexity index is 775. The number of nitro benzene ring substituents is 1. The zero-order chi connectivity index (χ0) is 13.9. The van der Waals surface area contributed by atoms with Gasteiger partial charge in [-0.15, -0.1) is 0 Å². The monoisotopic (exact) mass is 266 g/mol. The zero-order valence-electron chi connectivity index (χ0n) is 10.4. The van der Waals surface area contributed by atoms with E-state index in [0.717, 1.165) is 11.0 Å². The average molecular weight is 266 g/mol. The van der Waals surface area contributed by atoms with Gasteiger partial charge in [0.1, 0.15) is 0 Å². The van der Waals surface area contributed by atoms with Gasteiger partial charge >= 0.3 is 0 Å². The maximum absolute atomic E-state index is 10.7. The highest BCUT2D eigenvalue weighted by atomic mass is 16.6. The number of imidazole rings is 1. The third-order valence-electron chi connectivity index (χ3n) is 2.79. The van der Waals surface area contributed by atoms with Crippen LogP contribution in [0, 0.1) is 10.1 Å².